The smallest absolute Gasteiger partial charge is 0.236 e. The molecule has 4 heteroatoms. The third-order valence-corrected chi connectivity index (χ3v) is 1.90. The first-order chi connectivity index (χ1) is 5.27. The number of nitrogens with one attached hydrogen (secondary N) is 1. The molecule has 1 saturated heterocycles. The number of carbonyl (C=O) groups excluding carboxylic acids is 1. The molecule has 1 aliphatic heterocycles. The minimum absolute atomic E-state index is 0.122. The monoisotopic (exact) mass is 158 g/mol. The SMILES string of the molecule is CNCC(=O)N1CC(CO)C1. The molecule has 1 rings (SSSR count). The summed E-state index contributed by atoms with van der Waals surface area (Å²) in [5.41, 5.74) is 0. The maximum Gasteiger partial charge on any atom is 0.236 e. The topological polar surface area (TPSA) is 52.6 Å². The van der Waals surface area contributed by atoms with E-state index in [2.05, 4.69) is 5.32 Å². The van der Waals surface area contributed by atoms with Gasteiger partial charge in [0.1, 0.15) is 0 Å². The van der Waals surface area contributed by atoms with Crippen LogP contribution in [0.5, 0.6) is 0 Å². The Balaban J connectivity index is 2.16. The Hall–Kier alpha value is -0.610. The van der Waals surface area contributed by atoms with Crippen molar-refractivity contribution in [1.29, 1.82) is 0 Å². The molecule has 4 nitrogen and oxygen atoms in total. The third kappa shape index (κ3) is 1.91. The van der Waals surface area contributed by atoms with E-state index in [0.29, 0.717) is 12.5 Å². The van der Waals surface area contributed by atoms with E-state index in [0.717, 1.165) is 13.1 Å². The van der Waals surface area contributed by atoms with Gasteiger partial charge >= 0.3 is 0 Å². The van der Waals surface area contributed by atoms with Crippen molar-refractivity contribution >= 4 is 5.91 Å². The number of hydrogen-bond donors (Lipinski definition) is 2. The lowest BCUT2D eigenvalue weighted by Crippen LogP contribution is -2.53. The molecule has 0 atom stereocenters. The van der Waals surface area contributed by atoms with Gasteiger partial charge in [-0.3, -0.25) is 4.79 Å². The van der Waals surface area contributed by atoms with Gasteiger partial charge in [-0.1, -0.05) is 0 Å². The van der Waals surface area contributed by atoms with Crippen molar-refractivity contribution < 1.29 is 9.90 Å². The van der Waals surface area contributed by atoms with E-state index >= 15 is 0 Å². The van der Waals surface area contributed by atoms with Gasteiger partial charge in [-0.2, -0.15) is 0 Å². The van der Waals surface area contributed by atoms with Gasteiger partial charge < -0.3 is 15.3 Å². The Labute approximate surface area is 66.2 Å². The van der Waals surface area contributed by atoms with E-state index in [1.807, 2.05) is 0 Å². The fourth-order valence-corrected chi connectivity index (χ4v) is 1.15. The van der Waals surface area contributed by atoms with E-state index in [1.165, 1.54) is 0 Å². The first kappa shape index (κ1) is 8.49. The lowest BCUT2D eigenvalue weighted by atomic mass is 10.0. The zero-order chi connectivity index (χ0) is 8.27. The molecule has 1 fully saturated rings. The van der Waals surface area contributed by atoms with Crippen LogP contribution < -0.4 is 5.32 Å². The summed E-state index contributed by atoms with van der Waals surface area (Å²) in [6.45, 7) is 2.04. The molecule has 0 aromatic heterocycles. The van der Waals surface area contributed by atoms with Gasteiger partial charge in [-0.15, -0.1) is 0 Å². The highest BCUT2D eigenvalue weighted by Gasteiger charge is 2.28. The Morgan fingerprint density at radius 3 is 2.82 bits per heavy atom. The molecule has 1 heterocycles. The van der Waals surface area contributed by atoms with Crippen LogP contribution in [0.25, 0.3) is 0 Å². The zero-order valence-electron chi connectivity index (χ0n) is 6.71. The molecule has 0 spiro atoms. The van der Waals surface area contributed by atoms with Gasteiger partial charge in [0.05, 0.1) is 6.54 Å². The normalized spacial score (nSPS) is 18.2. The Morgan fingerprint density at radius 2 is 2.36 bits per heavy atom. The standard InChI is InChI=1S/C7H14N2O2/c1-8-2-7(11)9-3-6(4-9)5-10/h6,8,10H,2-5H2,1H3. The van der Waals surface area contributed by atoms with E-state index in [9.17, 15) is 4.79 Å². The minimum Gasteiger partial charge on any atom is -0.396 e. The summed E-state index contributed by atoms with van der Waals surface area (Å²) in [4.78, 5) is 12.8. The summed E-state index contributed by atoms with van der Waals surface area (Å²) in [5.74, 6) is 0.438. The van der Waals surface area contributed by atoms with Crippen LogP contribution in [0, 0.1) is 5.92 Å². The van der Waals surface area contributed by atoms with Crippen LogP contribution in [0.1, 0.15) is 0 Å². The minimum atomic E-state index is 0.122. The van der Waals surface area contributed by atoms with Crippen molar-refractivity contribution in [3.05, 3.63) is 0 Å². The second kappa shape index (κ2) is 3.69. The van der Waals surface area contributed by atoms with Gasteiger partial charge in [0.25, 0.3) is 0 Å². The number of likely N-dealkylation sites (N-methyl/N-ethyl adjacent to an activating group) is 1. The van der Waals surface area contributed by atoms with Crippen LogP contribution in [-0.4, -0.2) is 49.2 Å². The number of rotatable bonds is 3. The Bertz CT molecular complexity index is 143. The molecule has 0 bridgehead atoms. The number of hydrogen-bond acceptors (Lipinski definition) is 3. The van der Waals surface area contributed by atoms with Crippen molar-refractivity contribution in [1.82, 2.24) is 10.2 Å². The first-order valence-corrected chi connectivity index (χ1v) is 3.81. The number of aliphatic hydroxyl groups is 1. The van der Waals surface area contributed by atoms with Crippen molar-refractivity contribution in [3.8, 4) is 0 Å². The number of amides is 1. The molecule has 64 valence electrons. The lowest BCUT2D eigenvalue weighted by Gasteiger charge is -2.38. The number of likely N-dealkylation sites (tertiary alicyclic amines) is 1. The average molecular weight is 158 g/mol. The predicted octanol–water partition coefficient (Wildman–Crippen LogP) is -1.34. The Kier molecular flexibility index (Phi) is 2.84. The third-order valence-electron chi connectivity index (χ3n) is 1.90. The zero-order valence-corrected chi connectivity index (χ0v) is 6.71. The maximum absolute atomic E-state index is 11.1. The van der Waals surface area contributed by atoms with Crippen molar-refractivity contribution in [3.63, 3.8) is 0 Å². The molecule has 0 aliphatic carbocycles. The summed E-state index contributed by atoms with van der Waals surface area (Å²) in [6.07, 6.45) is 0. The van der Waals surface area contributed by atoms with Gasteiger partial charge in [-0.05, 0) is 7.05 Å². The first-order valence-electron chi connectivity index (χ1n) is 3.81. The van der Waals surface area contributed by atoms with Gasteiger partial charge in [-0.25, -0.2) is 0 Å². The highest BCUT2D eigenvalue weighted by Crippen LogP contribution is 2.13. The van der Waals surface area contributed by atoms with E-state index in [1.54, 1.807) is 11.9 Å². The molecule has 0 saturated carbocycles. The Morgan fingerprint density at radius 1 is 1.73 bits per heavy atom. The van der Waals surface area contributed by atoms with Gasteiger partial charge in [0, 0.05) is 25.6 Å². The summed E-state index contributed by atoms with van der Waals surface area (Å²) in [7, 11) is 1.75. The fraction of sp³-hybridized carbons (Fsp3) is 0.857. The summed E-state index contributed by atoms with van der Waals surface area (Å²) in [5, 5.41) is 11.5. The second-order valence-corrected chi connectivity index (χ2v) is 2.88. The summed E-state index contributed by atoms with van der Waals surface area (Å²) < 4.78 is 0. The molecule has 0 radical (unpaired) electrons. The van der Waals surface area contributed by atoms with Crippen molar-refractivity contribution in [2.45, 2.75) is 0 Å². The number of aliphatic hydroxyl groups excluding tert-OH is 1. The van der Waals surface area contributed by atoms with Crippen molar-refractivity contribution in [2.75, 3.05) is 33.3 Å². The fourth-order valence-electron chi connectivity index (χ4n) is 1.15. The van der Waals surface area contributed by atoms with E-state index in [4.69, 9.17) is 5.11 Å². The van der Waals surface area contributed by atoms with Crippen LogP contribution in [0.2, 0.25) is 0 Å². The second-order valence-electron chi connectivity index (χ2n) is 2.88. The highest BCUT2D eigenvalue weighted by molar-refractivity contribution is 5.78. The molecular weight excluding hydrogens is 144 g/mol. The van der Waals surface area contributed by atoms with Crippen LogP contribution in [-0.2, 0) is 4.79 Å². The van der Waals surface area contributed by atoms with Crippen molar-refractivity contribution in [2.24, 2.45) is 5.92 Å². The number of nitrogens with zero attached hydrogens (tertiary/aromatic N) is 1. The predicted molar refractivity (Wildman–Crippen MR) is 41.1 cm³/mol. The van der Waals surface area contributed by atoms with Gasteiger partial charge in [0.2, 0.25) is 5.91 Å². The number of carbonyl (C=O) groups is 1. The molecule has 0 unspecified atom stereocenters. The van der Waals surface area contributed by atoms with Crippen LogP contribution >= 0.6 is 0 Å². The molecule has 1 amide bonds. The molecule has 0 aromatic rings. The average Bonchev–Trinajstić information content (AvgIpc) is 1.86. The largest absolute Gasteiger partial charge is 0.396 e. The quantitative estimate of drug-likeness (QED) is 0.534. The molecule has 0 aromatic carbocycles. The highest BCUT2D eigenvalue weighted by atomic mass is 16.3. The van der Waals surface area contributed by atoms with Crippen LogP contribution in [0.15, 0.2) is 0 Å². The molecule has 1 aliphatic rings. The van der Waals surface area contributed by atoms with Crippen LogP contribution in [0.4, 0.5) is 0 Å². The molecule has 11 heavy (non-hydrogen) atoms. The lowest BCUT2D eigenvalue weighted by molar-refractivity contribution is -0.137. The maximum atomic E-state index is 11.1. The van der Waals surface area contributed by atoms with Gasteiger partial charge in [0.15, 0.2) is 0 Å². The van der Waals surface area contributed by atoms with Crippen LogP contribution in [0.3, 0.4) is 0 Å². The summed E-state index contributed by atoms with van der Waals surface area (Å²) in [6, 6.07) is 0. The van der Waals surface area contributed by atoms with E-state index in [-0.39, 0.29) is 12.5 Å². The molecule has 2 N–H and O–H groups in total. The van der Waals surface area contributed by atoms with E-state index < -0.39 is 0 Å². The summed E-state index contributed by atoms with van der Waals surface area (Å²) >= 11 is 0. The molecular formula is C7H14N2O2.